The largest absolute Gasteiger partial charge is 0.481 e. The standard InChI is InChI=1S/C23H22ClNO4/c1-15(23(27)25-11-5-2-6-12-25)28-16-9-10-18-19(14-22(26)29-21(18)13-16)17-7-3-4-8-20(17)24/h3-4,7-10,13-15H,2,5-6,11-12H2,1H3/t15-/m1/s1. The van der Waals surface area contributed by atoms with Crippen molar-refractivity contribution in [2.45, 2.75) is 32.3 Å². The second-order valence-corrected chi connectivity index (χ2v) is 7.67. The highest BCUT2D eigenvalue weighted by Crippen LogP contribution is 2.33. The highest BCUT2D eigenvalue weighted by atomic mass is 35.5. The van der Waals surface area contributed by atoms with Crippen LogP contribution in [-0.4, -0.2) is 30.0 Å². The minimum atomic E-state index is -0.607. The predicted octanol–water partition coefficient (Wildman–Crippen LogP) is 4.89. The monoisotopic (exact) mass is 411 g/mol. The minimum absolute atomic E-state index is 0.0175. The molecule has 2 heterocycles. The zero-order chi connectivity index (χ0) is 20.4. The van der Waals surface area contributed by atoms with E-state index in [1.54, 1.807) is 25.1 Å². The molecule has 29 heavy (non-hydrogen) atoms. The summed E-state index contributed by atoms with van der Waals surface area (Å²) >= 11 is 6.32. The van der Waals surface area contributed by atoms with E-state index in [2.05, 4.69) is 0 Å². The molecular weight excluding hydrogens is 390 g/mol. The number of benzene rings is 2. The lowest BCUT2D eigenvalue weighted by Gasteiger charge is -2.29. The van der Waals surface area contributed by atoms with Crippen LogP contribution in [0.15, 0.2) is 57.7 Å². The summed E-state index contributed by atoms with van der Waals surface area (Å²) in [6.07, 6.45) is 2.62. The summed E-state index contributed by atoms with van der Waals surface area (Å²) in [6, 6.07) is 14.0. The summed E-state index contributed by atoms with van der Waals surface area (Å²) in [5.74, 6) is 0.464. The molecule has 0 bridgehead atoms. The van der Waals surface area contributed by atoms with E-state index in [1.807, 2.05) is 29.2 Å². The highest BCUT2D eigenvalue weighted by molar-refractivity contribution is 6.33. The van der Waals surface area contributed by atoms with Crippen LogP contribution in [0.25, 0.3) is 22.1 Å². The highest BCUT2D eigenvalue weighted by Gasteiger charge is 2.23. The normalized spacial score (nSPS) is 15.3. The summed E-state index contributed by atoms with van der Waals surface area (Å²) < 4.78 is 11.3. The molecule has 3 aromatic rings. The second kappa shape index (κ2) is 8.29. The topological polar surface area (TPSA) is 59.8 Å². The lowest BCUT2D eigenvalue weighted by molar-refractivity contribution is -0.138. The van der Waals surface area contributed by atoms with Crippen LogP contribution in [0, 0.1) is 0 Å². The summed E-state index contributed by atoms with van der Waals surface area (Å²) in [5, 5.41) is 1.31. The van der Waals surface area contributed by atoms with Crippen LogP contribution in [0.2, 0.25) is 5.02 Å². The lowest BCUT2D eigenvalue weighted by Crippen LogP contribution is -2.43. The zero-order valence-corrected chi connectivity index (χ0v) is 16.9. The van der Waals surface area contributed by atoms with Gasteiger partial charge < -0.3 is 14.1 Å². The Labute approximate surface area is 173 Å². The average Bonchev–Trinajstić information content (AvgIpc) is 2.73. The Bertz CT molecular complexity index is 1100. The number of carbonyl (C=O) groups is 1. The van der Waals surface area contributed by atoms with Crippen molar-refractivity contribution in [3.63, 3.8) is 0 Å². The van der Waals surface area contributed by atoms with Gasteiger partial charge in [0.15, 0.2) is 6.10 Å². The molecule has 1 atom stereocenters. The Hall–Kier alpha value is -2.79. The number of fused-ring (bicyclic) bond motifs is 1. The molecule has 0 saturated carbocycles. The minimum Gasteiger partial charge on any atom is -0.481 e. The molecule has 150 valence electrons. The first kappa shape index (κ1) is 19.5. The van der Waals surface area contributed by atoms with Crippen LogP contribution in [0.4, 0.5) is 0 Å². The van der Waals surface area contributed by atoms with Crippen molar-refractivity contribution < 1.29 is 13.9 Å². The van der Waals surface area contributed by atoms with Crippen molar-refractivity contribution in [1.82, 2.24) is 4.90 Å². The summed E-state index contributed by atoms with van der Waals surface area (Å²) in [4.78, 5) is 26.6. The first-order valence-corrected chi connectivity index (χ1v) is 10.2. The van der Waals surface area contributed by atoms with E-state index >= 15 is 0 Å². The van der Waals surface area contributed by atoms with E-state index in [-0.39, 0.29) is 5.91 Å². The van der Waals surface area contributed by atoms with Gasteiger partial charge in [-0.3, -0.25) is 4.79 Å². The third kappa shape index (κ3) is 4.15. The van der Waals surface area contributed by atoms with Crippen molar-refractivity contribution >= 4 is 28.5 Å². The van der Waals surface area contributed by atoms with E-state index in [4.69, 9.17) is 20.8 Å². The zero-order valence-electron chi connectivity index (χ0n) is 16.2. The maximum absolute atomic E-state index is 12.6. The van der Waals surface area contributed by atoms with Gasteiger partial charge in [-0.2, -0.15) is 0 Å². The lowest BCUT2D eigenvalue weighted by atomic mass is 10.0. The van der Waals surface area contributed by atoms with Gasteiger partial charge >= 0.3 is 5.63 Å². The summed E-state index contributed by atoms with van der Waals surface area (Å²) in [5.41, 5.74) is 1.38. The maximum atomic E-state index is 12.6. The molecule has 1 saturated heterocycles. The molecule has 6 heteroatoms. The molecule has 0 N–H and O–H groups in total. The molecule has 4 rings (SSSR count). The van der Waals surface area contributed by atoms with Crippen molar-refractivity contribution in [2.24, 2.45) is 0 Å². The fourth-order valence-electron chi connectivity index (χ4n) is 3.74. The number of carbonyl (C=O) groups excluding carboxylic acids is 1. The van der Waals surface area contributed by atoms with Crippen molar-refractivity contribution in [2.75, 3.05) is 13.1 Å². The van der Waals surface area contributed by atoms with E-state index in [1.165, 1.54) is 6.07 Å². The molecule has 1 aliphatic heterocycles. The molecule has 0 unspecified atom stereocenters. The van der Waals surface area contributed by atoms with Gasteiger partial charge in [-0.05, 0) is 44.4 Å². The third-order valence-electron chi connectivity index (χ3n) is 5.21. The number of amides is 1. The molecule has 2 aromatic carbocycles. The Morgan fingerprint density at radius 2 is 1.83 bits per heavy atom. The molecule has 0 spiro atoms. The molecule has 1 amide bonds. The number of halogens is 1. The second-order valence-electron chi connectivity index (χ2n) is 7.26. The van der Waals surface area contributed by atoms with E-state index in [9.17, 15) is 9.59 Å². The Morgan fingerprint density at radius 3 is 2.59 bits per heavy atom. The molecule has 1 aliphatic rings. The Kier molecular flexibility index (Phi) is 5.58. The maximum Gasteiger partial charge on any atom is 0.336 e. The molecular formula is C23H22ClNO4. The number of hydrogen-bond acceptors (Lipinski definition) is 4. The molecule has 0 aliphatic carbocycles. The van der Waals surface area contributed by atoms with Crippen molar-refractivity contribution in [3.8, 4) is 16.9 Å². The van der Waals surface area contributed by atoms with Crippen molar-refractivity contribution in [3.05, 3.63) is 64.0 Å². The van der Waals surface area contributed by atoms with E-state index in [0.29, 0.717) is 21.9 Å². The molecule has 5 nitrogen and oxygen atoms in total. The molecule has 0 radical (unpaired) electrons. The van der Waals surface area contributed by atoms with Gasteiger partial charge in [-0.15, -0.1) is 0 Å². The summed E-state index contributed by atoms with van der Waals surface area (Å²) in [6.45, 7) is 3.30. The van der Waals surface area contributed by atoms with Crippen LogP contribution in [0.1, 0.15) is 26.2 Å². The summed E-state index contributed by atoms with van der Waals surface area (Å²) in [7, 11) is 0. The fraction of sp³-hybridized carbons (Fsp3) is 0.304. The van der Waals surface area contributed by atoms with Crippen LogP contribution in [-0.2, 0) is 4.79 Å². The smallest absolute Gasteiger partial charge is 0.336 e. The van der Waals surface area contributed by atoms with Crippen LogP contribution >= 0.6 is 11.6 Å². The van der Waals surface area contributed by atoms with Crippen LogP contribution in [0.3, 0.4) is 0 Å². The SMILES string of the molecule is C[C@@H](Oc1ccc2c(-c3ccccc3Cl)cc(=O)oc2c1)C(=O)N1CCCCC1. The molecule has 1 fully saturated rings. The van der Waals surface area contributed by atoms with Gasteiger partial charge in [0.25, 0.3) is 5.91 Å². The van der Waals surface area contributed by atoms with Crippen LogP contribution in [0.5, 0.6) is 5.75 Å². The number of rotatable bonds is 4. The number of piperidine rings is 1. The number of ether oxygens (including phenoxy) is 1. The van der Waals surface area contributed by atoms with Gasteiger partial charge in [0.2, 0.25) is 0 Å². The Balaban J connectivity index is 1.64. The first-order chi connectivity index (χ1) is 14.0. The number of hydrogen-bond donors (Lipinski definition) is 0. The van der Waals surface area contributed by atoms with Gasteiger partial charge in [-0.25, -0.2) is 4.79 Å². The average molecular weight is 412 g/mol. The van der Waals surface area contributed by atoms with E-state index < -0.39 is 11.7 Å². The predicted molar refractivity (Wildman–Crippen MR) is 113 cm³/mol. The molecule has 1 aromatic heterocycles. The quantitative estimate of drug-likeness (QED) is 0.573. The van der Waals surface area contributed by atoms with E-state index in [0.717, 1.165) is 43.3 Å². The Morgan fingerprint density at radius 1 is 1.07 bits per heavy atom. The van der Waals surface area contributed by atoms with Gasteiger partial charge in [0.05, 0.1) is 0 Å². The number of likely N-dealkylation sites (tertiary alicyclic amines) is 1. The van der Waals surface area contributed by atoms with Crippen molar-refractivity contribution in [1.29, 1.82) is 0 Å². The number of nitrogens with zero attached hydrogens (tertiary/aromatic N) is 1. The first-order valence-electron chi connectivity index (χ1n) is 9.81. The fourth-order valence-corrected chi connectivity index (χ4v) is 3.98. The van der Waals surface area contributed by atoms with Crippen LogP contribution < -0.4 is 10.4 Å². The third-order valence-corrected chi connectivity index (χ3v) is 5.54. The van der Waals surface area contributed by atoms with Gasteiger partial charge in [-0.1, -0.05) is 29.8 Å². The van der Waals surface area contributed by atoms with Gasteiger partial charge in [0, 0.05) is 46.8 Å². The van der Waals surface area contributed by atoms with Gasteiger partial charge in [0.1, 0.15) is 11.3 Å².